The molecule has 0 aromatic heterocycles. The van der Waals surface area contributed by atoms with Crippen LogP contribution in [-0.4, -0.2) is 29.1 Å². The highest BCUT2D eigenvalue weighted by Crippen LogP contribution is 2.24. The van der Waals surface area contributed by atoms with Gasteiger partial charge in [0.05, 0.1) is 0 Å². The Kier molecular flexibility index (Phi) is 5.35. The van der Waals surface area contributed by atoms with E-state index in [4.69, 9.17) is 5.11 Å². The van der Waals surface area contributed by atoms with Crippen molar-refractivity contribution in [2.45, 2.75) is 52.5 Å². The maximum absolute atomic E-state index is 11.9. The number of rotatable bonds is 2. The van der Waals surface area contributed by atoms with Crippen LogP contribution >= 0.6 is 0 Å². The van der Waals surface area contributed by atoms with E-state index in [-0.39, 0.29) is 23.8 Å². The van der Waals surface area contributed by atoms with Gasteiger partial charge < -0.3 is 10.4 Å². The molecule has 0 aliphatic heterocycles. The van der Waals surface area contributed by atoms with Crippen LogP contribution in [0.1, 0.15) is 46.5 Å². The van der Waals surface area contributed by atoms with Crippen molar-refractivity contribution in [2.24, 2.45) is 11.3 Å². The van der Waals surface area contributed by atoms with Gasteiger partial charge in [0.1, 0.15) is 0 Å². The Labute approximate surface area is 118 Å². The molecule has 1 fully saturated rings. The summed E-state index contributed by atoms with van der Waals surface area (Å²) in [7, 11) is 0. The molecule has 0 atom stereocenters. The quantitative estimate of drug-likeness (QED) is 0.568. The zero-order chi connectivity index (χ0) is 15.3. The van der Waals surface area contributed by atoms with E-state index in [0.717, 1.165) is 0 Å². The van der Waals surface area contributed by atoms with Gasteiger partial charge >= 0.3 is 6.09 Å². The van der Waals surface area contributed by atoms with Crippen LogP contribution < -0.4 is 16.2 Å². The predicted molar refractivity (Wildman–Crippen MR) is 72.6 cm³/mol. The van der Waals surface area contributed by atoms with Gasteiger partial charge in [-0.05, 0) is 25.7 Å². The van der Waals surface area contributed by atoms with Crippen LogP contribution in [0.25, 0.3) is 0 Å². The molecule has 1 saturated carbocycles. The molecule has 1 aliphatic carbocycles. The second-order valence-corrected chi connectivity index (χ2v) is 6.19. The Bertz CT molecular complexity index is 382. The summed E-state index contributed by atoms with van der Waals surface area (Å²) in [5.74, 6) is -0.634. The van der Waals surface area contributed by atoms with Crippen LogP contribution in [-0.2, 0) is 9.59 Å². The zero-order valence-corrected chi connectivity index (χ0v) is 12.2. The summed E-state index contributed by atoms with van der Waals surface area (Å²) in [5.41, 5.74) is 4.29. The first-order valence-electron chi connectivity index (χ1n) is 6.80. The van der Waals surface area contributed by atoms with Crippen molar-refractivity contribution >= 4 is 17.9 Å². The number of hydrogen-bond acceptors (Lipinski definition) is 3. The van der Waals surface area contributed by atoms with Crippen molar-refractivity contribution in [1.29, 1.82) is 0 Å². The summed E-state index contributed by atoms with van der Waals surface area (Å²) in [6.07, 6.45) is 1.47. The van der Waals surface area contributed by atoms with E-state index in [9.17, 15) is 14.4 Å². The molecule has 0 aromatic carbocycles. The predicted octanol–water partition coefficient (Wildman–Crippen LogP) is 1.01. The van der Waals surface area contributed by atoms with Crippen molar-refractivity contribution in [1.82, 2.24) is 16.2 Å². The minimum atomic E-state index is -1.03. The van der Waals surface area contributed by atoms with E-state index in [1.165, 1.54) is 0 Å². The zero-order valence-electron chi connectivity index (χ0n) is 12.2. The van der Waals surface area contributed by atoms with Crippen LogP contribution in [0.4, 0.5) is 4.79 Å². The summed E-state index contributed by atoms with van der Waals surface area (Å²) in [6.45, 7) is 5.28. The van der Waals surface area contributed by atoms with Crippen molar-refractivity contribution in [3.63, 3.8) is 0 Å². The Morgan fingerprint density at radius 1 is 1.00 bits per heavy atom. The van der Waals surface area contributed by atoms with Crippen molar-refractivity contribution in [3.8, 4) is 0 Å². The fraction of sp³-hybridized carbons (Fsp3) is 0.769. The van der Waals surface area contributed by atoms with Gasteiger partial charge in [0.2, 0.25) is 11.8 Å². The SMILES string of the molecule is CC(C)(C)C(=O)NNC(=O)C1CCC(NC(=O)O)CC1. The number of carbonyl (C=O) groups excluding carboxylic acids is 2. The molecule has 7 heteroatoms. The monoisotopic (exact) mass is 285 g/mol. The smallest absolute Gasteiger partial charge is 0.404 e. The Morgan fingerprint density at radius 2 is 1.55 bits per heavy atom. The second kappa shape index (κ2) is 6.58. The van der Waals surface area contributed by atoms with Crippen molar-refractivity contribution in [2.75, 3.05) is 0 Å². The summed E-state index contributed by atoms with van der Waals surface area (Å²) >= 11 is 0. The summed E-state index contributed by atoms with van der Waals surface area (Å²) in [6, 6.07) is -0.0827. The van der Waals surface area contributed by atoms with Gasteiger partial charge in [-0.2, -0.15) is 0 Å². The number of carbonyl (C=O) groups is 3. The van der Waals surface area contributed by atoms with Gasteiger partial charge in [-0.25, -0.2) is 4.79 Å². The molecular weight excluding hydrogens is 262 g/mol. The normalized spacial score (nSPS) is 22.8. The minimum Gasteiger partial charge on any atom is -0.465 e. The lowest BCUT2D eigenvalue weighted by Gasteiger charge is -2.28. The van der Waals surface area contributed by atoms with Gasteiger partial charge in [-0.1, -0.05) is 20.8 Å². The van der Waals surface area contributed by atoms with E-state index in [1.807, 2.05) is 0 Å². The van der Waals surface area contributed by atoms with Crippen LogP contribution in [0, 0.1) is 11.3 Å². The molecule has 0 saturated heterocycles. The van der Waals surface area contributed by atoms with Gasteiger partial charge in [0.25, 0.3) is 0 Å². The topological polar surface area (TPSA) is 108 Å². The molecule has 0 radical (unpaired) electrons. The third-order valence-corrected chi connectivity index (χ3v) is 3.41. The van der Waals surface area contributed by atoms with Crippen LogP contribution in [0.3, 0.4) is 0 Å². The van der Waals surface area contributed by atoms with Gasteiger partial charge in [0, 0.05) is 17.4 Å². The Morgan fingerprint density at radius 3 is 2.00 bits per heavy atom. The maximum atomic E-state index is 11.9. The number of amides is 3. The average molecular weight is 285 g/mol. The molecule has 114 valence electrons. The molecule has 0 spiro atoms. The standard InChI is InChI=1S/C13H23N3O4/c1-13(2,3)11(18)16-15-10(17)8-4-6-9(7-5-8)14-12(19)20/h8-9,14H,4-7H2,1-3H3,(H,15,17)(H,16,18)(H,19,20). The summed E-state index contributed by atoms with van der Waals surface area (Å²) in [5, 5.41) is 11.1. The molecule has 0 heterocycles. The third-order valence-electron chi connectivity index (χ3n) is 3.41. The third kappa shape index (κ3) is 5.07. The average Bonchev–Trinajstić information content (AvgIpc) is 2.34. The molecular formula is C13H23N3O4. The molecule has 4 N–H and O–H groups in total. The number of hydrazine groups is 1. The molecule has 20 heavy (non-hydrogen) atoms. The van der Waals surface area contributed by atoms with Gasteiger partial charge in [-0.3, -0.25) is 20.4 Å². The first kappa shape index (κ1) is 16.3. The van der Waals surface area contributed by atoms with Crippen molar-refractivity contribution in [3.05, 3.63) is 0 Å². The Balaban J connectivity index is 2.33. The van der Waals surface area contributed by atoms with Gasteiger partial charge in [0.15, 0.2) is 0 Å². The largest absolute Gasteiger partial charge is 0.465 e. The maximum Gasteiger partial charge on any atom is 0.404 e. The molecule has 0 aromatic rings. The van der Waals surface area contributed by atoms with Crippen LogP contribution in [0.15, 0.2) is 0 Å². The molecule has 1 aliphatic rings. The molecule has 3 amide bonds. The number of nitrogens with one attached hydrogen (secondary N) is 3. The van der Waals surface area contributed by atoms with E-state index in [1.54, 1.807) is 20.8 Å². The second-order valence-electron chi connectivity index (χ2n) is 6.19. The molecule has 0 bridgehead atoms. The van der Waals surface area contributed by atoms with Crippen molar-refractivity contribution < 1.29 is 19.5 Å². The molecule has 1 rings (SSSR count). The Hall–Kier alpha value is -1.79. The first-order chi connectivity index (χ1) is 9.20. The van der Waals surface area contributed by atoms with Crippen LogP contribution in [0.2, 0.25) is 0 Å². The highest BCUT2D eigenvalue weighted by atomic mass is 16.4. The minimum absolute atomic E-state index is 0.0827. The molecule has 0 unspecified atom stereocenters. The lowest BCUT2D eigenvalue weighted by Crippen LogP contribution is -2.49. The number of carboxylic acid groups (broad SMARTS) is 1. The lowest BCUT2D eigenvalue weighted by molar-refractivity contribution is -0.135. The highest BCUT2D eigenvalue weighted by molar-refractivity contribution is 5.85. The van der Waals surface area contributed by atoms with E-state index >= 15 is 0 Å². The molecule has 7 nitrogen and oxygen atoms in total. The lowest BCUT2D eigenvalue weighted by atomic mass is 9.85. The van der Waals surface area contributed by atoms with E-state index < -0.39 is 11.5 Å². The fourth-order valence-electron chi connectivity index (χ4n) is 2.08. The van der Waals surface area contributed by atoms with Crippen LogP contribution in [0.5, 0.6) is 0 Å². The first-order valence-corrected chi connectivity index (χ1v) is 6.80. The highest BCUT2D eigenvalue weighted by Gasteiger charge is 2.28. The fourth-order valence-corrected chi connectivity index (χ4v) is 2.08. The van der Waals surface area contributed by atoms with E-state index in [2.05, 4.69) is 16.2 Å². The summed E-state index contributed by atoms with van der Waals surface area (Å²) < 4.78 is 0. The summed E-state index contributed by atoms with van der Waals surface area (Å²) in [4.78, 5) is 34.0. The van der Waals surface area contributed by atoms with E-state index in [0.29, 0.717) is 25.7 Å². The number of hydrogen-bond donors (Lipinski definition) is 4. The van der Waals surface area contributed by atoms with Gasteiger partial charge in [-0.15, -0.1) is 0 Å².